The summed E-state index contributed by atoms with van der Waals surface area (Å²) in [6.07, 6.45) is -2.74. The number of rotatable bonds is 4. The fraction of sp³-hybridized carbons (Fsp3) is 0.429. The number of carbonyl (C=O) groups is 1. The molecule has 2 fully saturated rings. The van der Waals surface area contributed by atoms with Crippen molar-refractivity contribution in [1.29, 1.82) is 0 Å². The molecule has 3 heterocycles. The molecule has 2 atom stereocenters. The lowest BCUT2D eigenvalue weighted by Crippen LogP contribution is -2.42. The molecule has 7 nitrogen and oxygen atoms in total. The van der Waals surface area contributed by atoms with Crippen molar-refractivity contribution in [1.82, 2.24) is 9.88 Å². The van der Waals surface area contributed by atoms with Crippen LogP contribution in [0.5, 0.6) is 11.5 Å². The quantitative estimate of drug-likeness (QED) is 0.789. The Kier molecular flexibility index (Phi) is 5.55. The van der Waals surface area contributed by atoms with Gasteiger partial charge in [0.25, 0.3) is 0 Å². The predicted molar refractivity (Wildman–Crippen MR) is 109 cm³/mol. The monoisotopic (exact) mass is 436 g/mol. The minimum atomic E-state index is -4.41. The largest absolute Gasteiger partial charge is 0.493 e. The second-order valence-electron chi connectivity index (χ2n) is 7.59. The molecule has 1 N–H and O–H groups in total. The van der Waals surface area contributed by atoms with E-state index in [1.807, 2.05) is 4.90 Å². The van der Waals surface area contributed by atoms with Crippen LogP contribution in [0.2, 0.25) is 0 Å². The number of hydrogen-bond acceptors (Lipinski definition) is 5. The van der Waals surface area contributed by atoms with Gasteiger partial charge in [-0.3, -0.25) is 0 Å². The van der Waals surface area contributed by atoms with Gasteiger partial charge in [0.2, 0.25) is 0 Å². The van der Waals surface area contributed by atoms with Crippen LogP contribution in [0.3, 0.4) is 0 Å². The third kappa shape index (κ3) is 4.06. The Morgan fingerprint density at radius 1 is 1.16 bits per heavy atom. The fourth-order valence-corrected chi connectivity index (χ4v) is 4.31. The molecule has 0 saturated carbocycles. The highest BCUT2D eigenvalue weighted by Gasteiger charge is 2.44. The zero-order chi connectivity index (χ0) is 22.2. The number of nitrogens with zero attached hydrogens (tertiary/aromatic N) is 3. The van der Waals surface area contributed by atoms with Crippen LogP contribution in [-0.4, -0.2) is 55.8 Å². The average Bonchev–Trinajstić information content (AvgIpc) is 3.34. The number of pyridine rings is 1. The van der Waals surface area contributed by atoms with Gasteiger partial charge < -0.3 is 24.6 Å². The van der Waals surface area contributed by atoms with E-state index in [1.54, 1.807) is 23.1 Å². The Morgan fingerprint density at radius 2 is 1.97 bits per heavy atom. The van der Waals surface area contributed by atoms with Gasteiger partial charge in [0, 0.05) is 31.7 Å². The number of aromatic nitrogens is 1. The lowest BCUT2D eigenvalue weighted by molar-refractivity contribution is -0.137. The van der Waals surface area contributed by atoms with Crippen molar-refractivity contribution in [2.45, 2.75) is 18.6 Å². The number of para-hydroxylation sites is 1. The van der Waals surface area contributed by atoms with Crippen LogP contribution in [0.25, 0.3) is 0 Å². The number of urea groups is 1. The van der Waals surface area contributed by atoms with Crippen LogP contribution in [0.1, 0.15) is 12.0 Å². The summed E-state index contributed by atoms with van der Waals surface area (Å²) in [5, 5.41) is 2.89. The van der Waals surface area contributed by atoms with Crippen LogP contribution in [0, 0.1) is 5.92 Å². The summed E-state index contributed by atoms with van der Waals surface area (Å²) in [6, 6.07) is 7.37. The predicted octanol–water partition coefficient (Wildman–Crippen LogP) is 3.86. The van der Waals surface area contributed by atoms with E-state index in [-0.39, 0.29) is 18.0 Å². The summed E-state index contributed by atoms with van der Waals surface area (Å²) in [5.74, 6) is 1.68. The molecule has 10 heteroatoms. The van der Waals surface area contributed by atoms with Gasteiger partial charge in [0.1, 0.15) is 5.82 Å². The number of carbonyl (C=O) groups excluding carboxylic acids is 1. The number of fused-ring (bicyclic) bond motifs is 1. The molecule has 4 rings (SSSR count). The van der Waals surface area contributed by atoms with E-state index in [0.29, 0.717) is 42.6 Å². The second kappa shape index (κ2) is 8.16. The third-order valence-corrected chi connectivity index (χ3v) is 5.85. The first kappa shape index (κ1) is 21.1. The smallest absolute Gasteiger partial charge is 0.417 e. The number of anilines is 2. The maximum Gasteiger partial charge on any atom is 0.417 e. The molecule has 0 radical (unpaired) electrons. The van der Waals surface area contributed by atoms with Gasteiger partial charge in [-0.25, -0.2) is 9.78 Å². The van der Waals surface area contributed by atoms with Crippen LogP contribution < -0.4 is 19.7 Å². The first-order valence-electron chi connectivity index (χ1n) is 9.88. The maximum absolute atomic E-state index is 13.0. The van der Waals surface area contributed by atoms with Gasteiger partial charge in [0.05, 0.1) is 31.5 Å². The highest BCUT2D eigenvalue weighted by Crippen LogP contribution is 2.37. The number of halogens is 3. The van der Waals surface area contributed by atoms with E-state index < -0.39 is 11.7 Å². The zero-order valence-corrected chi connectivity index (χ0v) is 17.1. The van der Waals surface area contributed by atoms with Gasteiger partial charge in [-0.1, -0.05) is 6.07 Å². The summed E-state index contributed by atoms with van der Waals surface area (Å²) in [5.41, 5.74) is -0.265. The molecule has 2 saturated heterocycles. The number of hydrogen-bond donors (Lipinski definition) is 1. The number of amides is 2. The number of alkyl halides is 3. The first-order valence-corrected chi connectivity index (χ1v) is 9.88. The van der Waals surface area contributed by atoms with E-state index >= 15 is 0 Å². The zero-order valence-electron chi connectivity index (χ0n) is 17.1. The molecular formula is C21H23F3N4O3. The SMILES string of the molecule is COc1cccc(NC(=O)N2CCC3CN(c4ccc(C(F)(F)F)cn4)CC32)c1OC. The van der Waals surface area contributed by atoms with E-state index in [0.717, 1.165) is 18.7 Å². The first-order chi connectivity index (χ1) is 14.8. The van der Waals surface area contributed by atoms with E-state index in [2.05, 4.69) is 10.3 Å². The second-order valence-corrected chi connectivity index (χ2v) is 7.59. The fourth-order valence-electron chi connectivity index (χ4n) is 4.31. The molecule has 31 heavy (non-hydrogen) atoms. The number of benzene rings is 1. The molecule has 1 aromatic carbocycles. The third-order valence-electron chi connectivity index (χ3n) is 5.85. The van der Waals surface area contributed by atoms with Crippen molar-refractivity contribution in [3.05, 3.63) is 42.1 Å². The lowest BCUT2D eigenvalue weighted by atomic mass is 10.1. The maximum atomic E-state index is 13.0. The number of ether oxygens (including phenoxy) is 2. The Hall–Kier alpha value is -3.17. The van der Waals surface area contributed by atoms with Crippen molar-refractivity contribution in [2.24, 2.45) is 5.92 Å². The number of nitrogens with one attached hydrogen (secondary N) is 1. The van der Waals surface area contributed by atoms with Gasteiger partial charge in [0.15, 0.2) is 11.5 Å². The average molecular weight is 436 g/mol. The normalized spacial score (nSPS) is 20.5. The molecule has 1 aromatic heterocycles. The summed E-state index contributed by atoms with van der Waals surface area (Å²) in [4.78, 5) is 20.7. The van der Waals surface area contributed by atoms with E-state index in [4.69, 9.17) is 9.47 Å². The molecule has 0 spiro atoms. The van der Waals surface area contributed by atoms with Crippen molar-refractivity contribution in [3.8, 4) is 11.5 Å². The Bertz CT molecular complexity index is 952. The van der Waals surface area contributed by atoms with E-state index in [9.17, 15) is 18.0 Å². The molecule has 2 aliphatic heterocycles. The minimum Gasteiger partial charge on any atom is -0.493 e. The molecule has 0 bridgehead atoms. The van der Waals surface area contributed by atoms with Crippen molar-refractivity contribution in [2.75, 3.05) is 44.1 Å². The molecule has 166 valence electrons. The van der Waals surface area contributed by atoms with Crippen LogP contribution in [-0.2, 0) is 6.18 Å². The number of likely N-dealkylation sites (tertiary alicyclic amines) is 1. The van der Waals surface area contributed by atoms with E-state index in [1.165, 1.54) is 20.3 Å². The summed E-state index contributed by atoms with van der Waals surface area (Å²) >= 11 is 0. The van der Waals surface area contributed by atoms with Crippen LogP contribution >= 0.6 is 0 Å². The van der Waals surface area contributed by atoms with Gasteiger partial charge in [-0.2, -0.15) is 13.2 Å². The van der Waals surface area contributed by atoms with Crippen LogP contribution in [0.4, 0.5) is 29.5 Å². The Balaban J connectivity index is 1.45. The summed E-state index contributed by atoms with van der Waals surface area (Å²) in [6.45, 7) is 1.78. The van der Waals surface area contributed by atoms with Gasteiger partial charge in [-0.05, 0) is 30.7 Å². The Morgan fingerprint density at radius 3 is 2.61 bits per heavy atom. The number of methoxy groups -OCH3 is 2. The highest BCUT2D eigenvalue weighted by molar-refractivity contribution is 5.92. The standard InChI is InChI=1S/C21H23F3N4O3/c1-30-17-5-3-4-15(19(17)31-2)26-20(29)28-9-8-13-11-27(12-16(13)28)18-7-6-14(10-25-18)21(22,23)24/h3-7,10,13,16H,8-9,11-12H2,1-2H3,(H,26,29). The van der Waals surface area contributed by atoms with Crippen molar-refractivity contribution < 1.29 is 27.4 Å². The van der Waals surface area contributed by atoms with Gasteiger partial charge >= 0.3 is 12.2 Å². The molecule has 2 unspecified atom stereocenters. The molecular weight excluding hydrogens is 413 g/mol. The van der Waals surface area contributed by atoms with Crippen molar-refractivity contribution in [3.63, 3.8) is 0 Å². The molecule has 2 aromatic rings. The summed E-state index contributed by atoms with van der Waals surface area (Å²) < 4.78 is 49.0. The van der Waals surface area contributed by atoms with Crippen LogP contribution in [0.15, 0.2) is 36.5 Å². The minimum absolute atomic E-state index is 0.0410. The molecule has 0 aliphatic carbocycles. The lowest BCUT2D eigenvalue weighted by Gasteiger charge is -2.26. The topological polar surface area (TPSA) is 66.9 Å². The van der Waals surface area contributed by atoms with Gasteiger partial charge in [-0.15, -0.1) is 0 Å². The molecule has 2 amide bonds. The highest BCUT2D eigenvalue weighted by atomic mass is 19.4. The molecule has 2 aliphatic rings. The van der Waals surface area contributed by atoms with Crippen molar-refractivity contribution >= 4 is 17.5 Å². The summed E-state index contributed by atoms with van der Waals surface area (Å²) in [7, 11) is 3.03. The Labute approximate surface area is 177 Å².